The van der Waals surface area contributed by atoms with Crippen molar-refractivity contribution in [2.24, 2.45) is 11.8 Å². The number of benzene rings is 2. The Bertz CT molecular complexity index is 1040. The molecule has 2 aromatic rings. The SMILES string of the molecule is Cc1ccc(CN2C(=O)[C@@H]3CCCC[C@H]3C2=O)cc1S(=O)(=O)NCc1ccccc1. The first kappa shape index (κ1) is 20.8. The van der Waals surface area contributed by atoms with E-state index >= 15 is 0 Å². The Balaban J connectivity index is 1.53. The van der Waals surface area contributed by atoms with E-state index in [-0.39, 0.29) is 41.6 Å². The van der Waals surface area contributed by atoms with Gasteiger partial charge in [-0.3, -0.25) is 14.5 Å². The van der Waals surface area contributed by atoms with Crippen LogP contribution in [0, 0.1) is 18.8 Å². The zero-order chi connectivity index (χ0) is 21.3. The van der Waals surface area contributed by atoms with Crippen molar-refractivity contribution in [3.05, 3.63) is 65.2 Å². The van der Waals surface area contributed by atoms with E-state index in [1.165, 1.54) is 4.90 Å². The zero-order valence-electron chi connectivity index (χ0n) is 17.0. The van der Waals surface area contributed by atoms with Crippen LogP contribution < -0.4 is 4.72 Å². The minimum atomic E-state index is -3.73. The van der Waals surface area contributed by atoms with E-state index in [0.717, 1.165) is 31.2 Å². The summed E-state index contributed by atoms with van der Waals surface area (Å²) < 4.78 is 28.4. The molecule has 2 aromatic carbocycles. The molecule has 4 rings (SSSR count). The predicted molar refractivity (Wildman–Crippen MR) is 113 cm³/mol. The molecule has 0 bridgehead atoms. The van der Waals surface area contributed by atoms with Crippen molar-refractivity contribution in [1.82, 2.24) is 9.62 Å². The lowest BCUT2D eigenvalue weighted by molar-refractivity contribution is -0.140. The minimum absolute atomic E-state index is 0.114. The molecule has 1 aliphatic heterocycles. The van der Waals surface area contributed by atoms with E-state index in [1.807, 2.05) is 30.3 Å². The number of nitrogens with one attached hydrogen (secondary N) is 1. The fourth-order valence-corrected chi connectivity index (χ4v) is 5.76. The molecule has 0 radical (unpaired) electrons. The quantitative estimate of drug-likeness (QED) is 0.720. The van der Waals surface area contributed by atoms with Gasteiger partial charge in [-0.25, -0.2) is 13.1 Å². The van der Waals surface area contributed by atoms with E-state index in [4.69, 9.17) is 0 Å². The van der Waals surface area contributed by atoms with Crippen LogP contribution in [0.5, 0.6) is 0 Å². The number of carbonyl (C=O) groups excluding carboxylic acids is 2. The van der Waals surface area contributed by atoms with Crippen molar-refractivity contribution in [2.45, 2.75) is 50.6 Å². The second-order valence-electron chi connectivity index (χ2n) is 8.17. The van der Waals surface area contributed by atoms with Crippen molar-refractivity contribution in [2.75, 3.05) is 0 Å². The Morgan fingerprint density at radius 1 is 0.933 bits per heavy atom. The summed E-state index contributed by atoms with van der Waals surface area (Å²) in [6.07, 6.45) is 3.49. The molecule has 2 fully saturated rings. The van der Waals surface area contributed by atoms with Crippen molar-refractivity contribution in [1.29, 1.82) is 0 Å². The third-order valence-electron chi connectivity index (χ3n) is 6.12. The minimum Gasteiger partial charge on any atom is -0.278 e. The van der Waals surface area contributed by atoms with Gasteiger partial charge in [-0.1, -0.05) is 55.3 Å². The maximum Gasteiger partial charge on any atom is 0.241 e. The molecular formula is C23H26N2O4S. The van der Waals surface area contributed by atoms with Gasteiger partial charge in [0.15, 0.2) is 0 Å². The highest BCUT2D eigenvalue weighted by Crippen LogP contribution is 2.38. The second kappa shape index (κ2) is 8.32. The molecule has 0 spiro atoms. The van der Waals surface area contributed by atoms with Crippen LogP contribution in [0.25, 0.3) is 0 Å². The number of hydrogen-bond donors (Lipinski definition) is 1. The maximum atomic E-state index is 12.9. The molecule has 0 aromatic heterocycles. The lowest BCUT2D eigenvalue weighted by atomic mass is 9.81. The summed E-state index contributed by atoms with van der Waals surface area (Å²) in [7, 11) is -3.73. The molecule has 1 N–H and O–H groups in total. The average Bonchev–Trinajstić information content (AvgIpc) is 2.99. The van der Waals surface area contributed by atoms with Crippen molar-refractivity contribution < 1.29 is 18.0 Å². The van der Waals surface area contributed by atoms with Gasteiger partial charge in [-0.15, -0.1) is 0 Å². The molecule has 30 heavy (non-hydrogen) atoms. The number of imide groups is 1. The first-order valence-corrected chi connectivity index (χ1v) is 11.8. The van der Waals surface area contributed by atoms with E-state index in [0.29, 0.717) is 11.1 Å². The molecule has 2 aliphatic rings. The van der Waals surface area contributed by atoms with Crippen LogP contribution in [-0.4, -0.2) is 25.1 Å². The van der Waals surface area contributed by atoms with Crippen LogP contribution in [0.4, 0.5) is 0 Å². The zero-order valence-corrected chi connectivity index (χ0v) is 17.8. The van der Waals surface area contributed by atoms with Gasteiger partial charge in [-0.05, 0) is 42.5 Å². The highest BCUT2D eigenvalue weighted by molar-refractivity contribution is 7.89. The number of carbonyl (C=O) groups is 2. The van der Waals surface area contributed by atoms with Gasteiger partial charge in [0.1, 0.15) is 0 Å². The average molecular weight is 427 g/mol. The molecule has 6 nitrogen and oxygen atoms in total. The van der Waals surface area contributed by atoms with Gasteiger partial charge in [0.25, 0.3) is 0 Å². The van der Waals surface area contributed by atoms with Crippen molar-refractivity contribution >= 4 is 21.8 Å². The number of amides is 2. The molecular weight excluding hydrogens is 400 g/mol. The smallest absolute Gasteiger partial charge is 0.241 e. The fourth-order valence-electron chi connectivity index (χ4n) is 4.45. The van der Waals surface area contributed by atoms with Gasteiger partial charge in [-0.2, -0.15) is 0 Å². The second-order valence-corrected chi connectivity index (χ2v) is 9.91. The molecule has 1 heterocycles. The van der Waals surface area contributed by atoms with E-state index in [1.54, 1.807) is 25.1 Å². The normalized spacial score (nSPS) is 21.7. The first-order valence-electron chi connectivity index (χ1n) is 10.3. The van der Waals surface area contributed by atoms with E-state index < -0.39 is 10.0 Å². The number of sulfonamides is 1. The Morgan fingerprint density at radius 3 is 2.20 bits per heavy atom. The summed E-state index contributed by atoms with van der Waals surface area (Å²) >= 11 is 0. The summed E-state index contributed by atoms with van der Waals surface area (Å²) in [6, 6.07) is 14.4. The topological polar surface area (TPSA) is 83.6 Å². The summed E-state index contributed by atoms with van der Waals surface area (Å²) in [4.78, 5) is 27.0. The maximum absolute atomic E-state index is 12.9. The van der Waals surface area contributed by atoms with E-state index in [2.05, 4.69) is 4.72 Å². The largest absolute Gasteiger partial charge is 0.278 e. The Kier molecular flexibility index (Phi) is 5.75. The summed E-state index contributed by atoms with van der Waals surface area (Å²) in [5, 5.41) is 0. The van der Waals surface area contributed by atoms with Crippen LogP contribution in [0.15, 0.2) is 53.4 Å². The van der Waals surface area contributed by atoms with Crippen LogP contribution in [0.1, 0.15) is 42.4 Å². The number of hydrogen-bond acceptors (Lipinski definition) is 4. The number of aryl methyl sites for hydroxylation is 1. The lowest BCUT2D eigenvalue weighted by Gasteiger charge is -2.19. The number of likely N-dealkylation sites (tertiary alicyclic amines) is 1. The molecule has 2 amide bonds. The molecule has 1 saturated heterocycles. The van der Waals surface area contributed by atoms with Gasteiger partial charge in [0, 0.05) is 6.54 Å². The van der Waals surface area contributed by atoms with Crippen LogP contribution in [0.3, 0.4) is 0 Å². The van der Waals surface area contributed by atoms with Crippen LogP contribution in [0.2, 0.25) is 0 Å². The Labute approximate surface area is 177 Å². The summed E-state index contributed by atoms with van der Waals surface area (Å²) in [6.45, 7) is 2.05. The third kappa shape index (κ3) is 4.04. The Hall–Kier alpha value is -2.51. The number of nitrogens with zero attached hydrogens (tertiary/aromatic N) is 1. The fraction of sp³-hybridized carbons (Fsp3) is 0.391. The molecule has 2 atom stereocenters. The number of rotatable bonds is 6. The lowest BCUT2D eigenvalue weighted by Crippen LogP contribution is -2.30. The van der Waals surface area contributed by atoms with Gasteiger partial charge in [0.2, 0.25) is 21.8 Å². The van der Waals surface area contributed by atoms with Crippen molar-refractivity contribution in [3.63, 3.8) is 0 Å². The first-order chi connectivity index (χ1) is 14.4. The molecule has 1 aliphatic carbocycles. The standard InChI is InChI=1S/C23H26N2O4S/c1-16-11-12-18(15-25-22(26)19-9-5-6-10-20(19)23(25)27)13-21(16)30(28,29)24-14-17-7-3-2-4-8-17/h2-4,7-8,11-13,19-20,24H,5-6,9-10,14-15H2,1H3/t19-,20-/m1/s1. The summed E-state index contributed by atoms with van der Waals surface area (Å²) in [5.74, 6) is -0.631. The van der Waals surface area contributed by atoms with Crippen molar-refractivity contribution in [3.8, 4) is 0 Å². The molecule has 1 saturated carbocycles. The Morgan fingerprint density at radius 2 is 1.57 bits per heavy atom. The predicted octanol–water partition coefficient (Wildman–Crippen LogP) is 3.15. The molecule has 158 valence electrons. The van der Waals surface area contributed by atoms with Gasteiger partial charge in [0.05, 0.1) is 23.3 Å². The van der Waals surface area contributed by atoms with Gasteiger partial charge >= 0.3 is 0 Å². The highest BCUT2D eigenvalue weighted by Gasteiger charge is 2.47. The molecule has 7 heteroatoms. The monoisotopic (exact) mass is 426 g/mol. The highest BCUT2D eigenvalue weighted by atomic mass is 32.2. The van der Waals surface area contributed by atoms with E-state index in [9.17, 15) is 18.0 Å². The molecule has 0 unspecified atom stereocenters. The third-order valence-corrected chi connectivity index (χ3v) is 7.67. The number of fused-ring (bicyclic) bond motifs is 1. The van der Waals surface area contributed by atoms with Crippen LogP contribution >= 0.6 is 0 Å². The van der Waals surface area contributed by atoms with Gasteiger partial charge < -0.3 is 0 Å². The van der Waals surface area contributed by atoms with Crippen LogP contribution in [-0.2, 0) is 32.7 Å². The summed E-state index contributed by atoms with van der Waals surface area (Å²) in [5.41, 5.74) is 2.12.